The molecule has 1 amide bonds. The summed E-state index contributed by atoms with van der Waals surface area (Å²) in [4.78, 5) is 12.4. The van der Waals surface area contributed by atoms with Gasteiger partial charge in [-0.3, -0.25) is 9.36 Å². The van der Waals surface area contributed by atoms with Crippen molar-refractivity contribution in [3.8, 4) is 16.5 Å². The summed E-state index contributed by atoms with van der Waals surface area (Å²) in [5.41, 5.74) is 6.57. The van der Waals surface area contributed by atoms with Crippen molar-refractivity contribution in [3.05, 3.63) is 47.3 Å². The van der Waals surface area contributed by atoms with Crippen molar-refractivity contribution < 1.29 is 9.53 Å². The Balaban J connectivity index is 1.63. The van der Waals surface area contributed by atoms with Gasteiger partial charge in [0.25, 0.3) is 0 Å². The summed E-state index contributed by atoms with van der Waals surface area (Å²) in [6.45, 7) is 2.63. The maximum atomic E-state index is 11.4. The van der Waals surface area contributed by atoms with Crippen LogP contribution >= 0.6 is 23.1 Å². The Hall–Kier alpha value is -2.32. The number of benzene rings is 1. The van der Waals surface area contributed by atoms with Crippen molar-refractivity contribution in [3.63, 3.8) is 0 Å². The second-order valence-corrected chi connectivity index (χ2v) is 7.36. The number of amides is 1. The fourth-order valence-corrected chi connectivity index (χ4v) is 3.68. The van der Waals surface area contributed by atoms with Crippen LogP contribution in [0.25, 0.3) is 10.7 Å². The number of nitrogens with two attached hydrogens (primary N) is 1. The van der Waals surface area contributed by atoms with E-state index in [-0.39, 0.29) is 6.54 Å². The molecule has 0 unspecified atom stereocenters. The molecule has 0 fully saturated rings. The van der Waals surface area contributed by atoms with E-state index in [0.717, 1.165) is 10.6 Å². The van der Waals surface area contributed by atoms with Gasteiger partial charge in [-0.25, -0.2) is 0 Å². The van der Waals surface area contributed by atoms with Crippen molar-refractivity contribution in [2.45, 2.75) is 18.6 Å². The average Bonchev–Trinajstić information content (AvgIpc) is 3.23. The second-order valence-electron chi connectivity index (χ2n) is 5.35. The maximum absolute atomic E-state index is 11.4. The van der Waals surface area contributed by atoms with Crippen LogP contribution in [0, 0.1) is 6.92 Å². The van der Waals surface area contributed by atoms with Crippen LogP contribution in [-0.2, 0) is 11.3 Å². The summed E-state index contributed by atoms with van der Waals surface area (Å²) in [7, 11) is 0. The van der Waals surface area contributed by atoms with Gasteiger partial charge in [-0.05, 0) is 30.5 Å². The van der Waals surface area contributed by atoms with E-state index in [9.17, 15) is 4.79 Å². The summed E-state index contributed by atoms with van der Waals surface area (Å²) in [6, 6.07) is 11.8. The Bertz CT molecular complexity index is 829. The summed E-state index contributed by atoms with van der Waals surface area (Å²) in [5.74, 6) is 1.77. The van der Waals surface area contributed by atoms with E-state index in [1.54, 1.807) is 15.9 Å². The van der Waals surface area contributed by atoms with Crippen molar-refractivity contribution in [1.29, 1.82) is 0 Å². The lowest BCUT2D eigenvalue weighted by molar-refractivity contribution is -0.118. The summed E-state index contributed by atoms with van der Waals surface area (Å²) < 4.78 is 7.47. The monoisotopic (exact) mass is 374 g/mol. The van der Waals surface area contributed by atoms with Crippen LogP contribution < -0.4 is 10.5 Å². The summed E-state index contributed by atoms with van der Waals surface area (Å²) in [6.07, 6.45) is 0. The molecule has 0 bridgehead atoms. The van der Waals surface area contributed by atoms with Crippen LogP contribution in [0.2, 0.25) is 0 Å². The Morgan fingerprint density at radius 3 is 2.76 bits per heavy atom. The van der Waals surface area contributed by atoms with Gasteiger partial charge in [-0.15, -0.1) is 21.5 Å². The van der Waals surface area contributed by atoms with E-state index < -0.39 is 5.91 Å². The molecule has 0 aliphatic heterocycles. The van der Waals surface area contributed by atoms with Gasteiger partial charge in [0.1, 0.15) is 12.3 Å². The third-order valence-corrected chi connectivity index (χ3v) is 5.17. The molecule has 2 N–H and O–H groups in total. The number of hydrogen-bond acceptors (Lipinski definition) is 6. The van der Waals surface area contributed by atoms with Crippen LogP contribution in [0.15, 0.2) is 46.9 Å². The molecule has 0 atom stereocenters. The highest BCUT2D eigenvalue weighted by atomic mass is 32.2. The number of hydrogen-bond donors (Lipinski definition) is 1. The number of ether oxygens (including phenoxy) is 1. The predicted octanol–water partition coefficient (Wildman–Crippen LogP) is 2.97. The third-order valence-electron chi connectivity index (χ3n) is 3.38. The first-order valence-corrected chi connectivity index (χ1v) is 9.57. The molecule has 3 rings (SSSR count). The van der Waals surface area contributed by atoms with Gasteiger partial charge in [0, 0.05) is 5.75 Å². The Morgan fingerprint density at radius 2 is 2.08 bits per heavy atom. The maximum Gasteiger partial charge on any atom is 0.237 e. The summed E-state index contributed by atoms with van der Waals surface area (Å²) >= 11 is 3.04. The molecule has 0 radical (unpaired) electrons. The SMILES string of the molecule is Cc1ccc(OCCSc2nnc(-c3cccs3)n2CC(N)=O)cc1. The smallest absolute Gasteiger partial charge is 0.237 e. The van der Waals surface area contributed by atoms with Crippen LogP contribution in [0.5, 0.6) is 5.75 Å². The number of carbonyl (C=O) groups excluding carboxylic acids is 1. The zero-order valence-corrected chi connectivity index (χ0v) is 15.3. The Labute approximate surface area is 154 Å². The quantitative estimate of drug-likeness (QED) is 0.484. The highest BCUT2D eigenvalue weighted by Crippen LogP contribution is 2.27. The molecule has 2 aromatic heterocycles. The zero-order chi connectivity index (χ0) is 17.6. The normalized spacial score (nSPS) is 10.8. The number of carbonyl (C=O) groups is 1. The van der Waals surface area contributed by atoms with E-state index >= 15 is 0 Å². The lowest BCUT2D eigenvalue weighted by Gasteiger charge is -2.08. The molecule has 8 heteroatoms. The van der Waals surface area contributed by atoms with Gasteiger partial charge in [0.2, 0.25) is 5.91 Å². The van der Waals surface area contributed by atoms with Gasteiger partial charge in [0.15, 0.2) is 11.0 Å². The largest absolute Gasteiger partial charge is 0.493 e. The minimum absolute atomic E-state index is 0.0569. The number of aryl methyl sites for hydroxylation is 1. The summed E-state index contributed by atoms with van der Waals surface area (Å²) in [5, 5.41) is 11.0. The first kappa shape index (κ1) is 17.5. The number of nitrogens with zero attached hydrogens (tertiary/aromatic N) is 3. The standard InChI is InChI=1S/C17H18N4O2S2/c1-12-4-6-13(7-5-12)23-8-10-25-17-20-19-16(14-3-2-9-24-14)21(17)11-15(18)22/h2-7,9H,8,10-11H2,1H3,(H2,18,22). The topological polar surface area (TPSA) is 83.0 Å². The lowest BCUT2D eigenvalue weighted by Crippen LogP contribution is -2.20. The molecule has 6 nitrogen and oxygen atoms in total. The molecule has 25 heavy (non-hydrogen) atoms. The van der Waals surface area contributed by atoms with Crippen LogP contribution in [-0.4, -0.2) is 33.0 Å². The number of rotatable bonds is 8. The average molecular weight is 374 g/mol. The highest BCUT2D eigenvalue weighted by Gasteiger charge is 2.16. The fourth-order valence-electron chi connectivity index (χ4n) is 2.21. The van der Waals surface area contributed by atoms with Gasteiger partial charge in [-0.2, -0.15) is 0 Å². The van der Waals surface area contributed by atoms with E-state index in [4.69, 9.17) is 10.5 Å². The molecule has 0 aliphatic rings. The lowest BCUT2D eigenvalue weighted by atomic mass is 10.2. The van der Waals surface area contributed by atoms with Crippen molar-refractivity contribution >= 4 is 29.0 Å². The highest BCUT2D eigenvalue weighted by molar-refractivity contribution is 7.99. The molecule has 1 aromatic carbocycles. The molecular formula is C17H18N4O2S2. The minimum atomic E-state index is -0.421. The molecule has 2 heterocycles. The number of thiophene rings is 1. The van der Waals surface area contributed by atoms with Crippen LogP contribution in [0.3, 0.4) is 0 Å². The third kappa shape index (κ3) is 4.61. The predicted molar refractivity (Wildman–Crippen MR) is 99.9 cm³/mol. The van der Waals surface area contributed by atoms with Crippen molar-refractivity contribution in [2.75, 3.05) is 12.4 Å². The fraction of sp³-hybridized carbons (Fsp3) is 0.235. The molecule has 3 aromatic rings. The van der Waals surface area contributed by atoms with Gasteiger partial charge in [0.05, 0.1) is 11.5 Å². The van der Waals surface area contributed by atoms with Gasteiger partial charge >= 0.3 is 0 Å². The van der Waals surface area contributed by atoms with Crippen LogP contribution in [0.1, 0.15) is 5.56 Å². The van der Waals surface area contributed by atoms with E-state index in [1.165, 1.54) is 17.3 Å². The van der Waals surface area contributed by atoms with Crippen LogP contribution in [0.4, 0.5) is 0 Å². The second kappa shape index (κ2) is 8.17. The van der Waals surface area contributed by atoms with Gasteiger partial charge < -0.3 is 10.5 Å². The molecule has 0 saturated carbocycles. The molecule has 130 valence electrons. The number of thioether (sulfide) groups is 1. The zero-order valence-electron chi connectivity index (χ0n) is 13.7. The van der Waals surface area contributed by atoms with Crippen molar-refractivity contribution in [1.82, 2.24) is 14.8 Å². The molecule has 0 aliphatic carbocycles. The Morgan fingerprint density at radius 1 is 1.28 bits per heavy atom. The molecule has 0 spiro atoms. The van der Waals surface area contributed by atoms with E-state index in [1.807, 2.05) is 48.7 Å². The van der Waals surface area contributed by atoms with Gasteiger partial charge in [-0.1, -0.05) is 35.5 Å². The van der Waals surface area contributed by atoms with E-state index in [0.29, 0.717) is 23.3 Å². The number of aromatic nitrogens is 3. The molecule has 0 saturated heterocycles. The minimum Gasteiger partial charge on any atom is -0.493 e. The number of primary amides is 1. The molecular weight excluding hydrogens is 356 g/mol. The Kier molecular flexibility index (Phi) is 5.72. The first-order valence-electron chi connectivity index (χ1n) is 7.71. The van der Waals surface area contributed by atoms with E-state index in [2.05, 4.69) is 10.2 Å². The van der Waals surface area contributed by atoms with Crippen molar-refractivity contribution in [2.24, 2.45) is 5.73 Å². The first-order chi connectivity index (χ1) is 12.1.